The quantitative estimate of drug-likeness (QED) is 0.620. The van der Waals surface area contributed by atoms with Gasteiger partial charge in [-0.25, -0.2) is 0 Å². The first-order valence-electron chi connectivity index (χ1n) is 4.66. The summed E-state index contributed by atoms with van der Waals surface area (Å²) < 4.78 is 34.5. The normalized spacial score (nSPS) is 34.5. The molecule has 1 rings (SSSR count). The summed E-state index contributed by atoms with van der Waals surface area (Å²) in [5.74, 6) is -0.0389. The smallest absolute Gasteiger partial charge is 0.195 e. The lowest BCUT2D eigenvalue weighted by atomic mass is 9.73. The van der Waals surface area contributed by atoms with Crippen molar-refractivity contribution in [2.24, 2.45) is 11.3 Å². The zero-order valence-corrected chi connectivity index (χ0v) is 9.20. The summed E-state index contributed by atoms with van der Waals surface area (Å²) in [6.45, 7) is 5.81. The highest BCUT2D eigenvalue weighted by molar-refractivity contribution is 7.87. The van der Waals surface area contributed by atoms with Crippen LogP contribution < -0.4 is 0 Å². The minimum absolute atomic E-state index is 0.0314. The van der Waals surface area contributed by atoms with Crippen molar-refractivity contribution in [1.82, 2.24) is 0 Å². The molecule has 1 aliphatic carbocycles. The van der Waals surface area contributed by atoms with E-state index >= 15 is 0 Å². The minimum Gasteiger partial charge on any atom is -0.195 e. The van der Waals surface area contributed by atoms with E-state index in [0.29, 0.717) is 6.42 Å². The van der Waals surface area contributed by atoms with Crippen molar-refractivity contribution in [2.45, 2.75) is 45.3 Å². The molecule has 0 heterocycles. The Morgan fingerprint density at radius 1 is 1.38 bits per heavy atom. The van der Waals surface area contributed by atoms with Crippen molar-refractivity contribution >= 4 is 10.2 Å². The molecule has 0 aliphatic heterocycles. The molecular weight excluding hydrogens is 191 g/mol. The summed E-state index contributed by atoms with van der Waals surface area (Å²) in [5, 5.41) is -0.781. The summed E-state index contributed by atoms with van der Waals surface area (Å²) in [7, 11) is -4.35. The number of hydrogen-bond acceptors (Lipinski definition) is 2. The molecule has 0 aromatic heterocycles. The highest BCUT2D eigenvalue weighted by atomic mass is 32.3. The van der Waals surface area contributed by atoms with Crippen LogP contribution in [0.25, 0.3) is 0 Å². The van der Waals surface area contributed by atoms with E-state index in [0.717, 1.165) is 12.8 Å². The molecule has 0 N–H and O–H groups in total. The molecular formula is C9H17FO2S. The summed E-state index contributed by atoms with van der Waals surface area (Å²) in [6.07, 6.45) is 2.24. The largest absolute Gasteiger partial charge is 0.305 e. The number of halogens is 1. The number of hydrogen-bond donors (Lipinski definition) is 0. The highest BCUT2D eigenvalue weighted by Gasteiger charge is 2.40. The Labute approximate surface area is 79.7 Å². The van der Waals surface area contributed by atoms with Gasteiger partial charge in [-0.05, 0) is 30.6 Å². The van der Waals surface area contributed by atoms with Gasteiger partial charge in [-0.15, -0.1) is 3.89 Å². The van der Waals surface area contributed by atoms with Gasteiger partial charge in [0.15, 0.2) is 0 Å². The lowest BCUT2D eigenvalue weighted by Gasteiger charge is -2.37. The van der Waals surface area contributed by atoms with Gasteiger partial charge in [0.2, 0.25) is 0 Å². The van der Waals surface area contributed by atoms with Crippen molar-refractivity contribution in [3.8, 4) is 0 Å². The minimum atomic E-state index is -4.35. The van der Waals surface area contributed by atoms with E-state index in [4.69, 9.17) is 0 Å². The Kier molecular flexibility index (Phi) is 2.72. The Bertz CT molecular complexity index is 282. The predicted molar refractivity (Wildman–Crippen MR) is 50.6 cm³/mol. The molecule has 13 heavy (non-hydrogen) atoms. The monoisotopic (exact) mass is 208 g/mol. The number of rotatable bonds is 1. The predicted octanol–water partition coefficient (Wildman–Crippen LogP) is 2.50. The van der Waals surface area contributed by atoms with E-state index in [9.17, 15) is 12.3 Å². The Hall–Kier alpha value is -0.120. The molecule has 0 aromatic carbocycles. The molecule has 1 fully saturated rings. The summed E-state index contributed by atoms with van der Waals surface area (Å²) in [5.41, 5.74) is -0.0314. The van der Waals surface area contributed by atoms with Crippen LogP contribution in [0.1, 0.15) is 40.0 Å². The van der Waals surface area contributed by atoms with Crippen molar-refractivity contribution in [3.63, 3.8) is 0 Å². The van der Waals surface area contributed by atoms with Crippen LogP contribution in [0.15, 0.2) is 0 Å². The van der Waals surface area contributed by atoms with Crippen LogP contribution in [0.2, 0.25) is 0 Å². The van der Waals surface area contributed by atoms with Crippen molar-refractivity contribution in [1.29, 1.82) is 0 Å². The molecule has 2 unspecified atom stereocenters. The van der Waals surface area contributed by atoms with Gasteiger partial charge < -0.3 is 0 Å². The molecule has 2 atom stereocenters. The summed E-state index contributed by atoms with van der Waals surface area (Å²) in [4.78, 5) is 0. The molecule has 0 amide bonds. The topological polar surface area (TPSA) is 34.1 Å². The Morgan fingerprint density at radius 2 is 1.92 bits per heavy atom. The third-order valence-electron chi connectivity index (χ3n) is 3.03. The molecule has 78 valence electrons. The second-order valence-electron chi connectivity index (χ2n) is 4.90. The van der Waals surface area contributed by atoms with Gasteiger partial charge in [-0.2, -0.15) is 8.42 Å². The average molecular weight is 208 g/mol. The van der Waals surface area contributed by atoms with Crippen molar-refractivity contribution in [2.75, 3.05) is 0 Å². The molecule has 0 bridgehead atoms. The maximum atomic E-state index is 12.8. The fraction of sp³-hybridized carbons (Fsp3) is 1.00. The molecule has 1 aliphatic rings. The first kappa shape index (κ1) is 11.0. The fourth-order valence-corrected chi connectivity index (χ4v) is 3.37. The van der Waals surface area contributed by atoms with E-state index in [-0.39, 0.29) is 11.3 Å². The van der Waals surface area contributed by atoms with Crippen molar-refractivity contribution < 1.29 is 12.3 Å². The second-order valence-corrected chi connectivity index (χ2v) is 6.45. The van der Waals surface area contributed by atoms with E-state index in [1.165, 1.54) is 0 Å². The maximum Gasteiger partial charge on any atom is 0.305 e. The maximum absolute atomic E-state index is 12.8. The van der Waals surface area contributed by atoms with Crippen LogP contribution in [-0.4, -0.2) is 13.7 Å². The standard InChI is InChI=1S/C9H17FO2S/c1-7-4-5-9(2,3)6-8(7)13(10,11)12/h7-8H,4-6H2,1-3H3. The van der Waals surface area contributed by atoms with Gasteiger partial charge in [0, 0.05) is 0 Å². The molecule has 2 nitrogen and oxygen atoms in total. The van der Waals surface area contributed by atoms with Crippen LogP contribution in [-0.2, 0) is 10.2 Å². The fourth-order valence-electron chi connectivity index (χ4n) is 2.03. The summed E-state index contributed by atoms with van der Waals surface area (Å²) >= 11 is 0. The first-order valence-corrected chi connectivity index (χ1v) is 6.10. The van der Waals surface area contributed by atoms with Gasteiger partial charge in [-0.3, -0.25) is 0 Å². The lowest BCUT2D eigenvalue weighted by molar-refractivity contribution is 0.200. The SMILES string of the molecule is CC1CCC(C)(C)CC1S(=O)(=O)F. The molecule has 0 spiro atoms. The van der Waals surface area contributed by atoms with E-state index in [1.807, 2.05) is 20.8 Å². The molecule has 4 heteroatoms. The van der Waals surface area contributed by atoms with Crippen LogP contribution in [0.5, 0.6) is 0 Å². The lowest BCUT2D eigenvalue weighted by Crippen LogP contribution is -2.36. The molecule has 0 radical (unpaired) electrons. The van der Waals surface area contributed by atoms with Crippen LogP contribution >= 0.6 is 0 Å². The molecule has 1 saturated carbocycles. The first-order chi connectivity index (χ1) is 5.72. The zero-order chi connectivity index (χ0) is 10.3. The molecule has 0 saturated heterocycles. The summed E-state index contributed by atoms with van der Waals surface area (Å²) in [6, 6.07) is 0. The van der Waals surface area contributed by atoms with E-state index in [2.05, 4.69) is 0 Å². The van der Waals surface area contributed by atoms with Crippen LogP contribution in [0, 0.1) is 11.3 Å². The second kappa shape index (κ2) is 3.23. The average Bonchev–Trinajstić information content (AvgIpc) is 1.92. The van der Waals surface area contributed by atoms with Gasteiger partial charge in [-0.1, -0.05) is 20.8 Å². The van der Waals surface area contributed by atoms with E-state index in [1.54, 1.807) is 0 Å². The van der Waals surface area contributed by atoms with E-state index < -0.39 is 15.5 Å². The third-order valence-corrected chi connectivity index (χ3v) is 4.38. The van der Waals surface area contributed by atoms with Crippen LogP contribution in [0.4, 0.5) is 3.89 Å². The van der Waals surface area contributed by atoms with Crippen LogP contribution in [0.3, 0.4) is 0 Å². The van der Waals surface area contributed by atoms with Gasteiger partial charge in [0.1, 0.15) is 0 Å². The third kappa shape index (κ3) is 2.66. The van der Waals surface area contributed by atoms with Gasteiger partial charge in [0.25, 0.3) is 0 Å². The highest BCUT2D eigenvalue weighted by Crippen LogP contribution is 2.41. The zero-order valence-electron chi connectivity index (χ0n) is 8.38. The van der Waals surface area contributed by atoms with Gasteiger partial charge in [0.05, 0.1) is 5.25 Å². The molecule has 0 aromatic rings. The Morgan fingerprint density at radius 3 is 2.31 bits per heavy atom. The van der Waals surface area contributed by atoms with Crippen molar-refractivity contribution in [3.05, 3.63) is 0 Å². The van der Waals surface area contributed by atoms with Gasteiger partial charge >= 0.3 is 10.2 Å². The Balaban J connectivity index is 2.84.